The van der Waals surface area contributed by atoms with E-state index in [2.05, 4.69) is 62.1 Å². The van der Waals surface area contributed by atoms with Crippen molar-refractivity contribution in [2.75, 3.05) is 68.8 Å². The van der Waals surface area contributed by atoms with Gasteiger partial charge in [-0.25, -0.2) is 29.0 Å². The van der Waals surface area contributed by atoms with Gasteiger partial charge in [0.05, 0.1) is 106 Å². The molecule has 3 saturated heterocycles. The van der Waals surface area contributed by atoms with Crippen molar-refractivity contribution in [3.63, 3.8) is 0 Å². The Morgan fingerprint density at radius 3 is 1.04 bits per heavy atom. The monoisotopic (exact) mass is 1240 g/mol. The van der Waals surface area contributed by atoms with E-state index in [-0.39, 0.29) is 49.1 Å². The number of fused-ring (bicyclic) bond motifs is 3. The molecule has 24 nitrogen and oxygen atoms in total. The summed E-state index contributed by atoms with van der Waals surface area (Å²) in [6.45, 7) is 13.6. The summed E-state index contributed by atoms with van der Waals surface area (Å²) in [6.07, 6.45) is 14.5. The highest BCUT2D eigenvalue weighted by Gasteiger charge is 2.29. The molecule has 12 rings (SSSR count). The largest absolute Gasteiger partial charge is 0.394 e. The Morgan fingerprint density at radius 1 is 0.462 bits per heavy atom. The van der Waals surface area contributed by atoms with Crippen molar-refractivity contribution >= 4 is 67.9 Å². The molecule has 0 unspecified atom stereocenters. The van der Waals surface area contributed by atoms with E-state index >= 15 is 0 Å². The second-order valence-corrected chi connectivity index (χ2v) is 22.7. The summed E-state index contributed by atoms with van der Waals surface area (Å²) in [6, 6.07) is 27.5. The number of amides is 3. The van der Waals surface area contributed by atoms with E-state index in [1.165, 1.54) is 0 Å². The molecule has 9 N–H and O–H groups in total. The number of hydrogen-bond acceptors (Lipinski definition) is 18. The van der Waals surface area contributed by atoms with Gasteiger partial charge in [0.2, 0.25) is 0 Å². The van der Waals surface area contributed by atoms with Gasteiger partial charge in [-0.05, 0) is 82.9 Å². The summed E-state index contributed by atoms with van der Waals surface area (Å²) < 4.78 is 21.8. The summed E-state index contributed by atoms with van der Waals surface area (Å²) in [7, 11) is 0. The van der Waals surface area contributed by atoms with Crippen molar-refractivity contribution in [2.45, 2.75) is 128 Å². The molecule has 9 heterocycles. The second-order valence-electron chi connectivity index (χ2n) is 22.7. The van der Waals surface area contributed by atoms with Crippen LogP contribution in [0.1, 0.15) is 132 Å². The molecule has 3 fully saturated rings. The maximum atomic E-state index is 13.4. The summed E-state index contributed by atoms with van der Waals surface area (Å²) in [4.78, 5) is 53.3. The van der Waals surface area contributed by atoms with Crippen molar-refractivity contribution in [3.8, 4) is 0 Å². The predicted molar refractivity (Wildman–Crippen MR) is 348 cm³/mol. The van der Waals surface area contributed by atoms with Gasteiger partial charge in [0.25, 0.3) is 17.7 Å². The van der Waals surface area contributed by atoms with E-state index < -0.39 is 24.2 Å². The van der Waals surface area contributed by atoms with Crippen molar-refractivity contribution in [3.05, 3.63) is 162 Å². The Morgan fingerprint density at radius 2 is 0.758 bits per heavy atom. The zero-order chi connectivity index (χ0) is 63.6. The summed E-state index contributed by atoms with van der Waals surface area (Å²) in [5.74, 6) is -0.861. The van der Waals surface area contributed by atoms with Gasteiger partial charge in [-0.15, -0.1) is 0 Å². The molecular weight excluding hydrogens is 1160 g/mol. The van der Waals surface area contributed by atoms with Crippen LogP contribution in [0.3, 0.4) is 0 Å². The lowest BCUT2D eigenvalue weighted by Crippen LogP contribution is -2.36. The number of anilines is 3. The van der Waals surface area contributed by atoms with E-state index in [1.807, 2.05) is 126 Å². The number of carbonyl (C=O) groups is 3. The number of pyridine rings is 3. The van der Waals surface area contributed by atoms with Crippen LogP contribution in [0.25, 0.3) is 33.1 Å². The van der Waals surface area contributed by atoms with E-state index in [9.17, 15) is 29.7 Å². The van der Waals surface area contributed by atoms with Crippen LogP contribution in [0.2, 0.25) is 0 Å². The van der Waals surface area contributed by atoms with Crippen molar-refractivity contribution in [1.29, 1.82) is 0 Å². The number of aliphatic hydroxyl groups is 3. The van der Waals surface area contributed by atoms with Crippen LogP contribution in [-0.2, 0) is 33.8 Å². The van der Waals surface area contributed by atoms with Gasteiger partial charge >= 0.3 is 0 Å². The predicted octanol–water partition coefficient (Wildman–Crippen LogP) is 7.91. The van der Waals surface area contributed by atoms with Gasteiger partial charge < -0.3 is 61.4 Å². The van der Waals surface area contributed by atoms with Crippen LogP contribution >= 0.6 is 0 Å². The average Bonchev–Trinajstić information content (AvgIpc) is 1.76. The minimum atomic E-state index is -0.752. The number of rotatable bonds is 21. The molecule has 0 aliphatic carbocycles. The van der Waals surface area contributed by atoms with Crippen LogP contribution in [0.5, 0.6) is 0 Å². The molecule has 0 radical (unpaired) electrons. The summed E-state index contributed by atoms with van der Waals surface area (Å²) >= 11 is 0. The lowest BCUT2D eigenvalue weighted by molar-refractivity contribution is 0.0856. The standard InChI is InChI=1S/C23H29N5O3.2C22H27N5O3/c1-3-28-22-18(14-25-28)21(26-17-9-11-31-12-10-17)19(13-24-22)23(30)27-20(15(2)29)16-7-5-4-6-8-16;2*1-2-27-21-17(13-24-27)20(25-16-8-10-30-11-9-16)18(12-23-21)22(29)26-19(14-28)15-6-4-3-5-7-15/h4-8,13-15,17,20,29H,3,9-12H2,1-2H3,(H,24,26)(H,27,30);2*3-7,12-13,16,19,28H,2,8-11,14H2,1H3,(H,23,25)(H,26,29)/t15-,20-;2*19-/m110/s1. The van der Waals surface area contributed by atoms with Gasteiger partial charge in [-0.2, -0.15) is 15.3 Å². The number of benzene rings is 3. The topological polar surface area (TPSA) is 304 Å². The molecule has 3 aliphatic rings. The molecule has 480 valence electrons. The SMILES string of the molecule is CCn1ncc2c(NC3CCOCC3)c(C(=O)N[C@@H](CO)c3ccccc3)cnc21.CCn1ncc2c(NC3CCOCC3)c(C(=O)N[C@@H](c3ccccc3)[C@@H](C)O)cnc21.CCn1ncc2c(NC3CCOCC3)c(C(=O)N[C@H](CO)c3ccccc3)cnc21. The normalized spacial score (nSPS) is 16.1. The fourth-order valence-corrected chi connectivity index (χ4v) is 11.6. The number of nitrogens with zero attached hydrogens (tertiary/aromatic N) is 9. The molecule has 6 aromatic heterocycles. The highest BCUT2D eigenvalue weighted by atomic mass is 16.5. The third-order valence-corrected chi connectivity index (χ3v) is 16.6. The molecule has 0 saturated carbocycles. The fraction of sp³-hybridized carbons (Fsp3) is 0.418. The average molecular weight is 1240 g/mol. The third-order valence-electron chi connectivity index (χ3n) is 16.6. The van der Waals surface area contributed by atoms with E-state index in [0.29, 0.717) is 76.0 Å². The molecule has 24 heteroatoms. The number of ether oxygens (including phenoxy) is 3. The van der Waals surface area contributed by atoms with Crippen molar-refractivity contribution in [1.82, 2.24) is 60.2 Å². The minimum absolute atomic E-state index is 0.193. The molecule has 0 spiro atoms. The maximum absolute atomic E-state index is 13.4. The number of aromatic nitrogens is 9. The molecule has 9 aromatic rings. The highest BCUT2D eigenvalue weighted by molar-refractivity contribution is 6.08. The third kappa shape index (κ3) is 15.8. The lowest BCUT2D eigenvalue weighted by atomic mass is 10.0. The first kappa shape index (κ1) is 65.1. The fourth-order valence-electron chi connectivity index (χ4n) is 11.6. The molecule has 3 amide bonds. The smallest absolute Gasteiger partial charge is 0.255 e. The minimum Gasteiger partial charge on any atom is -0.394 e. The van der Waals surface area contributed by atoms with Crippen molar-refractivity contribution < 1.29 is 43.9 Å². The first-order valence-corrected chi connectivity index (χ1v) is 31.5. The number of hydrogen-bond donors (Lipinski definition) is 9. The van der Waals surface area contributed by atoms with Crippen LogP contribution in [0.15, 0.2) is 128 Å². The summed E-state index contributed by atoms with van der Waals surface area (Å²) in [5, 5.41) is 65.2. The first-order chi connectivity index (χ1) is 44.5. The molecule has 4 atom stereocenters. The zero-order valence-corrected chi connectivity index (χ0v) is 52.0. The zero-order valence-electron chi connectivity index (χ0n) is 52.0. The van der Waals surface area contributed by atoms with Crippen LogP contribution < -0.4 is 31.9 Å². The Bertz CT molecular complexity index is 3650. The van der Waals surface area contributed by atoms with Crippen molar-refractivity contribution in [2.24, 2.45) is 0 Å². The Kier molecular flexibility index (Phi) is 22.7. The Labute approximate surface area is 528 Å². The first-order valence-electron chi connectivity index (χ1n) is 31.5. The van der Waals surface area contributed by atoms with Gasteiger partial charge in [-0.1, -0.05) is 91.0 Å². The Hall–Kier alpha value is -8.91. The van der Waals surface area contributed by atoms with Crippen LogP contribution in [0, 0.1) is 0 Å². The van der Waals surface area contributed by atoms with E-state index in [0.717, 1.165) is 105 Å². The maximum Gasteiger partial charge on any atom is 0.255 e. The molecule has 3 aliphatic heterocycles. The number of aliphatic hydroxyl groups excluding tert-OH is 3. The van der Waals surface area contributed by atoms with E-state index in [4.69, 9.17) is 14.2 Å². The number of aryl methyl sites for hydroxylation is 3. The highest BCUT2D eigenvalue weighted by Crippen LogP contribution is 2.33. The van der Waals surface area contributed by atoms with E-state index in [1.54, 1.807) is 44.1 Å². The summed E-state index contributed by atoms with van der Waals surface area (Å²) in [5.41, 5.74) is 8.28. The van der Waals surface area contributed by atoms with Gasteiger partial charge in [0.1, 0.15) is 0 Å². The molecule has 3 aromatic carbocycles. The van der Waals surface area contributed by atoms with Gasteiger partial charge in [0.15, 0.2) is 16.9 Å². The lowest BCUT2D eigenvalue weighted by Gasteiger charge is -2.26. The van der Waals surface area contributed by atoms with Crippen LogP contribution in [0.4, 0.5) is 17.1 Å². The number of carbonyl (C=O) groups excluding carboxylic acids is 3. The molecule has 91 heavy (non-hydrogen) atoms. The molecule has 0 bridgehead atoms. The van der Waals surface area contributed by atoms with Crippen LogP contribution in [-0.4, -0.2) is 154 Å². The quantitative estimate of drug-likeness (QED) is 0.0330. The second kappa shape index (κ2) is 31.7. The number of nitrogens with one attached hydrogen (secondary N) is 6. The molecular formula is C67H83N15O9. The van der Waals surface area contributed by atoms with Gasteiger partial charge in [-0.3, -0.25) is 14.4 Å². The van der Waals surface area contributed by atoms with Gasteiger partial charge in [0, 0.05) is 96.0 Å². The Balaban J connectivity index is 0.000000150.